The van der Waals surface area contributed by atoms with Crippen molar-refractivity contribution in [2.24, 2.45) is 0 Å². The number of hydrogen-bond acceptors (Lipinski definition) is 5. The minimum absolute atomic E-state index is 0.101. The van der Waals surface area contributed by atoms with Crippen molar-refractivity contribution in [3.63, 3.8) is 0 Å². The molecule has 0 aliphatic heterocycles. The number of nitrogens with one attached hydrogen (secondary N) is 2. The van der Waals surface area contributed by atoms with E-state index in [1.54, 1.807) is 0 Å². The van der Waals surface area contributed by atoms with Crippen LogP contribution in [0.5, 0.6) is 0 Å². The molecule has 3 N–H and O–H groups in total. The van der Waals surface area contributed by atoms with Crippen molar-refractivity contribution in [1.82, 2.24) is 10.6 Å². The molecule has 170 valence electrons. The molecule has 1 unspecified atom stereocenters. The molecule has 32 heavy (non-hydrogen) atoms. The fourth-order valence-corrected chi connectivity index (χ4v) is 3.58. The van der Waals surface area contributed by atoms with Crippen LogP contribution in [0.4, 0.5) is 4.79 Å². The summed E-state index contributed by atoms with van der Waals surface area (Å²) >= 11 is 0. The van der Waals surface area contributed by atoms with Crippen LogP contribution in [0.15, 0.2) is 48.5 Å². The lowest BCUT2D eigenvalue weighted by Crippen LogP contribution is -2.51. The molecule has 0 radical (unpaired) electrons. The number of carbonyl (C=O) groups excluding carboxylic acids is 2. The lowest BCUT2D eigenvalue weighted by Gasteiger charge is -2.24. The zero-order valence-electron chi connectivity index (χ0n) is 18.4. The summed E-state index contributed by atoms with van der Waals surface area (Å²) < 4.78 is 11.1. The van der Waals surface area contributed by atoms with Crippen LogP contribution in [0.25, 0.3) is 11.1 Å². The molecular weight excluding hydrogens is 412 g/mol. The van der Waals surface area contributed by atoms with Gasteiger partial charge >= 0.3 is 12.1 Å². The van der Waals surface area contributed by atoms with E-state index in [4.69, 9.17) is 14.6 Å². The molecule has 2 aromatic carbocycles. The van der Waals surface area contributed by atoms with Crippen molar-refractivity contribution in [1.29, 1.82) is 0 Å². The molecule has 0 bridgehead atoms. The molecule has 0 saturated heterocycles. The summed E-state index contributed by atoms with van der Waals surface area (Å²) in [5, 5.41) is 13.5. The van der Waals surface area contributed by atoms with E-state index in [1.165, 1.54) is 0 Å². The quantitative estimate of drug-likeness (QED) is 0.582. The van der Waals surface area contributed by atoms with Crippen molar-refractivity contribution in [3.05, 3.63) is 59.7 Å². The maximum Gasteiger partial charge on any atom is 0.407 e. The Morgan fingerprint density at radius 3 is 2.09 bits per heavy atom. The van der Waals surface area contributed by atoms with E-state index in [0.717, 1.165) is 22.3 Å². The Kier molecular flexibility index (Phi) is 7.15. The standard InChI is InChI=1S/C24H28N2O6/c1-24(2,3)32-14-20(22(29)25-12-21(27)28)26-23(30)31-13-19-17-10-6-4-8-15(17)16-9-5-7-11-18(16)19/h4-11,19-20H,12-14H2,1-3H3,(H,25,29)(H,26,30)(H,27,28). The predicted octanol–water partition coefficient (Wildman–Crippen LogP) is 2.91. The van der Waals surface area contributed by atoms with Crippen LogP contribution >= 0.6 is 0 Å². The van der Waals surface area contributed by atoms with Gasteiger partial charge < -0.3 is 25.2 Å². The SMILES string of the molecule is CC(C)(C)OCC(NC(=O)OCC1c2ccccc2-c2ccccc21)C(=O)NCC(=O)O. The maximum atomic E-state index is 12.5. The van der Waals surface area contributed by atoms with Crippen molar-refractivity contribution >= 4 is 18.0 Å². The van der Waals surface area contributed by atoms with Gasteiger partial charge in [-0.1, -0.05) is 48.5 Å². The summed E-state index contributed by atoms with van der Waals surface area (Å²) in [6, 6.07) is 14.9. The van der Waals surface area contributed by atoms with Gasteiger partial charge in [0.1, 0.15) is 19.2 Å². The average molecular weight is 440 g/mol. The first kappa shape index (κ1) is 23.3. The fraction of sp³-hybridized carbons (Fsp3) is 0.375. The molecule has 8 nitrogen and oxygen atoms in total. The van der Waals surface area contributed by atoms with E-state index < -0.39 is 36.2 Å². The highest BCUT2D eigenvalue weighted by Gasteiger charge is 2.30. The van der Waals surface area contributed by atoms with Gasteiger partial charge in [0, 0.05) is 5.92 Å². The molecule has 0 heterocycles. The Bertz CT molecular complexity index is 952. The molecule has 2 amide bonds. The highest BCUT2D eigenvalue weighted by atomic mass is 16.5. The first-order valence-corrected chi connectivity index (χ1v) is 10.4. The number of carbonyl (C=O) groups is 3. The zero-order chi connectivity index (χ0) is 23.3. The van der Waals surface area contributed by atoms with E-state index in [1.807, 2.05) is 69.3 Å². The minimum Gasteiger partial charge on any atom is -0.480 e. The number of amides is 2. The maximum absolute atomic E-state index is 12.5. The second-order valence-corrected chi connectivity index (χ2v) is 8.56. The van der Waals surface area contributed by atoms with Gasteiger partial charge in [-0.15, -0.1) is 0 Å². The highest BCUT2D eigenvalue weighted by molar-refractivity contribution is 5.88. The molecule has 1 aliphatic rings. The highest BCUT2D eigenvalue weighted by Crippen LogP contribution is 2.44. The number of fused-ring (bicyclic) bond motifs is 3. The molecule has 8 heteroatoms. The molecule has 0 fully saturated rings. The molecule has 0 spiro atoms. The Hall–Kier alpha value is -3.39. The van der Waals surface area contributed by atoms with E-state index in [0.29, 0.717) is 0 Å². The van der Waals surface area contributed by atoms with Gasteiger partial charge in [0.2, 0.25) is 5.91 Å². The van der Waals surface area contributed by atoms with Gasteiger partial charge in [-0.2, -0.15) is 0 Å². The summed E-state index contributed by atoms with van der Waals surface area (Å²) in [6.07, 6.45) is -0.778. The largest absolute Gasteiger partial charge is 0.480 e. The topological polar surface area (TPSA) is 114 Å². The van der Waals surface area contributed by atoms with Crippen molar-refractivity contribution in [2.45, 2.75) is 38.3 Å². The van der Waals surface area contributed by atoms with Crippen LogP contribution in [-0.4, -0.2) is 54.5 Å². The van der Waals surface area contributed by atoms with Gasteiger partial charge in [0.05, 0.1) is 12.2 Å². The summed E-state index contributed by atoms with van der Waals surface area (Å²) in [4.78, 5) is 35.6. The van der Waals surface area contributed by atoms with E-state index in [-0.39, 0.29) is 19.1 Å². The van der Waals surface area contributed by atoms with Gasteiger partial charge in [-0.25, -0.2) is 4.79 Å². The molecule has 1 aliphatic carbocycles. The molecule has 3 rings (SSSR count). The monoisotopic (exact) mass is 440 g/mol. The van der Waals surface area contributed by atoms with E-state index in [9.17, 15) is 14.4 Å². The molecule has 2 aromatic rings. The minimum atomic E-state index is -1.19. The summed E-state index contributed by atoms with van der Waals surface area (Å²) in [5.74, 6) is -1.96. The van der Waals surface area contributed by atoms with E-state index in [2.05, 4.69) is 10.6 Å². The predicted molar refractivity (Wildman–Crippen MR) is 118 cm³/mol. The number of carboxylic acids is 1. The Balaban J connectivity index is 1.66. The Labute approximate surface area is 186 Å². The van der Waals surface area contributed by atoms with Crippen molar-refractivity contribution < 1.29 is 29.0 Å². The number of benzene rings is 2. The number of hydrogen-bond donors (Lipinski definition) is 3. The first-order chi connectivity index (χ1) is 15.2. The molecular formula is C24H28N2O6. The summed E-state index contributed by atoms with van der Waals surface area (Å²) in [7, 11) is 0. The lowest BCUT2D eigenvalue weighted by molar-refractivity contribution is -0.138. The Morgan fingerprint density at radius 1 is 1.00 bits per heavy atom. The normalized spacial score (nSPS) is 13.6. The van der Waals surface area contributed by atoms with Crippen molar-refractivity contribution in [2.75, 3.05) is 19.8 Å². The fourth-order valence-electron chi connectivity index (χ4n) is 3.58. The third-order valence-corrected chi connectivity index (χ3v) is 5.05. The number of carboxylic acid groups (broad SMARTS) is 1. The molecule has 0 aromatic heterocycles. The van der Waals surface area contributed by atoms with Crippen LogP contribution in [0.2, 0.25) is 0 Å². The summed E-state index contributed by atoms with van der Waals surface area (Å²) in [6.45, 7) is 4.85. The van der Waals surface area contributed by atoms with Crippen LogP contribution < -0.4 is 10.6 Å². The number of alkyl carbamates (subject to hydrolysis) is 1. The van der Waals surface area contributed by atoms with E-state index >= 15 is 0 Å². The second kappa shape index (κ2) is 9.82. The second-order valence-electron chi connectivity index (χ2n) is 8.56. The Morgan fingerprint density at radius 2 is 1.56 bits per heavy atom. The lowest BCUT2D eigenvalue weighted by atomic mass is 9.98. The zero-order valence-corrected chi connectivity index (χ0v) is 18.4. The third kappa shape index (κ3) is 5.85. The summed E-state index contributed by atoms with van der Waals surface area (Å²) in [5.41, 5.74) is 3.83. The average Bonchev–Trinajstić information content (AvgIpc) is 3.06. The van der Waals surface area contributed by atoms with Gasteiger partial charge in [0.25, 0.3) is 0 Å². The van der Waals surface area contributed by atoms with Gasteiger partial charge in [-0.3, -0.25) is 9.59 Å². The number of ether oxygens (including phenoxy) is 2. The van der Waals surface area contributed by atoms with Crippen molar-refractivity contribution in [3.8, 4) is 11.1 Å². The van der Waals surface area contributed by atoms with Crippen LogP contribution in [-0.2, 0) is 19.1 Å². The van der Waals surface area contributed by atoms with Crippen LogP contribution in [0, 0.1) is 0 Å². The van der Waals surface area contributed by atoms with Crippen LogP contribution in [0.3, 0.4) is 0 Å². The van der Waals surface area contributed by atoms with Crippen LogP contribution in [0.1, 0.15) is 37.8 Å². The first-order valence-electron chi connectivity index (χ1n) is 10.4. The van der Waals surface area contributed by atoms with Gasteiger partial charge in [0.15, 0.2) is 0 Å². The number of rotatable bonds is 8. The molecule has 0 saturated carbocycles. The smallest absolute Gasteiger partial charge is 0.407 e. The number of aliphatic carboxylic acids is 1. The molecule has 1 atom stereocenters. The van der Waals surface area contributed by atoms with Gasteiger partial charge in [-0.05, 0) is 43.0 Å². The third-order valence-electron chi connectivity index (χ3n) is 5.05.